The highest BCUT2D eigenvalue weighted by Gasteiger charge is 2.34. The van der Waals surface area contributed by atoms with Gasteiger partial charge in [-0.3, -0.25) is 9.59 Å². The van der Waals surface area contributed by atoms with Gasteiger partial charge >= 0.3 is 0 Å². The maximum absolute atomic E-state index is 12.8. The van der Waals surface area contributed by atoms with Crippen LogP contribution in [-0.2, 0) is 19.6 Å². The smallest absolute Gasteiger partial charge is 0.261 e. The van der Waals surface area contributed by atoms with Crippen molar-refractivity contribution in [2.45, 2.75) is 50.6 Å². The van der Waals surface area contributed by atoms with Gasteiger partial charge in [-0.2, -0.15) is 4.31 Å². The Bertz CT molecular complexity index is 733. The number of pyridine rings is 1. The van der Waals surface area contributed by atoms with E-state index in [2.05, 4.69) is 10.3 Å². The summed E-state index contributed by atoms with van der Waals surface area (Å²) in [7, 11) is -3.83. The fraction of sp³-hybridized carbons (Fsp3) is 0.529. The Hall–Kier alpha value is -1.80. The number of nitrogens with zero attached hydrogens (tertiary/aromatic N) is 2. The maximum Gasteiger partial charge on any atom is 0.261 e. The van der Waals surface area contributed by atoms with Gasteiger partial charge in [0.05, 0.1) is 12.6 Å². The molecule has 1 aromatic heterocycles. The van der Waals surface area contributed by atoms with Crippen molar-refractivity contribution in [1.82, 2.24) is 14.6 Å². The highest BCUT2D eigenvalue weighted by Crippen LogP contribution is 2.20. The summed E-state index contributed by atoms with van der Waals surface area (Å²) in [5.41, 5.74) is 0.540. The Labute approximate surface area is 148 Å². The van der Waals surface area contributed by atoms with E-state index in [4.69, 9.17) is 0 Å². The van der Waals surface area contributed by atoms with E-state index in [1.165, 1.54) is 12.6 Å². The second-order valence-corrected chi connectivity index (χ2v) is 7.98. The lowest BCUT2D eigenvalue weighted by Crippen LogP contribution is -2.44. The fourth-order valence-corrected chi connectivity index (χ4v) is 4.30. The summed E-state index contributed by atoms with van der Waals surface area (Å²) in [5, 5.41) is 2.66. The molecule has 2 heterocycles. The largest absolute Gasteiger partial charge is 0.346 e. The molecule has 1 aromatic rings. The lowest BCUT2D eigenvalue weighted by molar-refractivity contribution is -0.126. The number of nitrogens with one attached hydrogen (secondary N) is 1. The first kappa shape index (κ1) is 19.5. The molecule has 1 aliphatic heterocycles. The Morgan fingerprint density at radius 2 is 2.24 bits per heavy atom. The van der Waals surface area contributed by atoms with E-state index in [-0.39, 0.29) is 29.8 Å². The molecule has 1 saturated heterocycles. The van der Waals surface area contributed by atoms with Crippen LogP contribution in [0.25, 0.3) is 0 Å². The molecule has 2 rings (SSSR count). The Balaban J connectivity index is 2.10. The lowest BCUT2D eigenvalue weighted by Gasteiger charge is -2.20. The maximum atomic E-state index is 12.8. The van der Waals surface area contributed by atoms with Gasteiger partial charge in [-0.1, -0.05) is 19.4 Å². The number of amides is 1. The summed E-state index contributed by atoms with van der Waals surface area (Å²) < 4.78 is 26.7. The second-order valence-electron chi connectivity index (χ2n) is 6.13. The van der Waals surface area contributed by atoms with E-state index in [9.17, 15) is 18.0 Å². The third-order valence-corrected chi connectivity index (χ3v) is 6.01. The number of hydrogen-bond acceptors (Lipinski definition) is 5. The molecule has 0 aromatic carbocycles. The second kappa shape index (κ2) is 8.53. The first-order valence-electron chi connectivity index (χ1n) is 8.44. The molecule has 8 heteroatoms. The number of unbranched alkanes of at least 4 members (excludes halogenated alkanes) is 1. The summed E-state index contributed by atoms with van der Waals surface area (Å²) in [6, 6.07) is 2.69. The number of sulfonamides is 1. The van der Waals surface area contributed by atoms with Crippen molar-refractivity contribution >= 4 is 21.7 Å². The van der Waals surface area contributed by atoms with Crippen molar-refractivity contribution in [1.29, 1.82) is 0 Å². The molecule has 1 radical (unpaired) electrons. The molecule has 7 nitrogen and oxygen atoms in total. The number of rotatable bonds is 6. The Morgan fingerprint density at radius 1 is 1.48 bits per heavy atom. The van der Waals surface area contributed by atoms with Crippen LogP contribution in [0.3, 0.4) is 0 Å². The van der Waals surface area contributed by atoms with Crippen molar-refractivity contribution in [3.63, 3.8) is 0 Å². The van der Waals surface area contributed by atoms with Gasteiger partial charge in [0.15, 0.2) is 10.8 Å². The summed E-state index contributed by atoms with van der Waals surface area (Å²) in [5.74, 6) is -0.579. The molecule has 1 amide bonds. The molecular weight excluding hydrogens is 342 g/mol. The van der Waals surface area contributed by atoms with Crippen molar-refractivity contribution < 1.29 is 18.0 Å². The first-order valence-corrected chi connectivity index (χ1v) is 9.88. The van der Waals surface area contributed by atoms with Crippen LogP contribution in [0.1, 0.15) is 38.2 Å². The predicted octanol–water partition coefficient (Wildman–Crippen LogP) is 1.23. The van der Waals surface area contributed by atoms with Crippen LogP contribution in [0, 0.1) is 13.3 Å². The number of aromatic nitrogens is 1. The average Bonchev–Trinajstić information content (AvgIpc) is 2.75. The van der Waals surface area contributed by atoms with E-state index >= 15 is 0 Å². The van der Waals surface area contributed by atoms with Gasteiger partial charge in [0.1, 0.15) is 0 Å². The third kappa shape index (κ3) is 4.85. The molecular formula is C17H24N3O4S. The number of ketones is 1. The summed E-state index contributed by atoms with van der Waals surface area (Å²) >= 11 is 0. The van der Waals surface area contributed by atoms with Gasteiger partial charge in [-0.25, -0.2) is 13.4 Å². The molecule has 25 heavy (non-hydrogen) atoms. The van der Waals surface area contributed by atoms with Crippen LogP contribution in [0.5, 0.6) is 0 Å². The Morgan fingerprint density at radius 3 is 2.92 bits per heavy atom. The van der Waals surface area contributed by atoms with Gasteiger partial charge < -0.3 is 5.32 Å². The van der Waals surface area contributed by atoms with Gasteiger partial charge in [-0.05, 0) is 37.8 Å². The van der Waals surface area contributed by atoms with Crippen LogP contribution in [-0.4, -0.2) is 48.5 Å². The minimum Gasteiger partial charge on any atom is -0.346 e. The lowest BCUT2D eigenvalue weighted by atomic mass is 10.1. The standard InChI is InChI=1S/C17H24N3O4S/c1-3-4-9-16(22)19-14-8-6-11-20(12-15(14)21)25(23,24)17-13(2)7-5-10-18-17/h5,7,9-10,14H,3-4,6,8,11-12H2,1-2H3,(H,19,22). The van der Waals surface area contributed by atoms with Crippen molar-refractivity contribution in [2.75, 3.05) is 13.1 Å². The minimum absolute atomic E-state index is 0.0263. The van der Waals surface area contributed by atoms with Crippen molar-refractivity contribution in [3.05, 3.63) is 30.3 Å². The van der Waals surface area contributed by atoms with Gasteiger partial charge in [0.25, 0.3) is 10.0 Å². The number of aryl methyl sites for hydroxylation is 1. The highest BCUT2D eigenvalue weighted by atomic mass is 32.2. The monoisotopic (exact) mass is 366 g/mol. The highest BCUT2D eigenvalue weighted by molar-refractivity contribution is 7.89. The number of hydrogen-bond donors (Lipinski definition) is 1. The quantitative estimate of drug-likeness (QED) is 0.817. The van der Waals surface area contributed by atoms with Crippen LogP contribution in [0.2, 0.25) is 0 Å². The minimum atomic E-state index is -3.83. The van der Waals surface area contributed by atoms with E-state index in [1.807, 2.05) is 6.92 Å². The SMILES string of the molecule is CCC[CH]C(=O)NC1CCCN(S(=O)(=O)c2ncccc2C)CC1=O. The summed E-state index contributed by atoms with van der Waals surface area (Å²) in [6.45, 7) is 3.61. The molecule has 1 unspecified atom stereocenters. The fourth-order valence-electron chi connectivity index (χ4n) is 2.72. The Kier molecular flexibility index (Phi) is 6.66. The topological polar surface area (TPSA) is 96.4 Å². The van der Waals surface area contributed by atoms with Crippen LogP contribution in [0.4, 0.5) is 0 Å². The van der Waals surface area contributed by atoms with E-state index < -0.39 is 16.1 Å². The number of carbonyl (C=O) groups is 2. The number of Topliss-reactive ketones (excluding diaryl/α,β-unsaturated/α-hetero) is 1. The first-order chi connectivity index (χ1) is 11.9. The molecule has 0 spiro atoms. The molecule has 137 valence electrons. The molecule has 0 saturated carbocycles. The number of carbonyl (C=O) groups excluding carboxylic acids is 2. The normalized spacial score (nSPS) is 19.4. The average molecular weight is 366 g/mol. The summed E-state index contributed by atoms with van der Waals surface area (Å²) in [4.78, 5) is 28.2. The molecule has 1 aliphatic rings. The third-order valence-electron chi connectivity index (χ3n) is 4.10. The molecule has 0 bridgehead atoms. The van der Waals surface area contributed by atoms with Crippen LogP contribution >= 0.6 is 0 Å². The van der Waals surface area contributed by atoms with Crippen LogP contribution < -0.4 is 5.32 Å². The molecule has 1 N–H and O–H groups in total. The van der Waals surface area contributed by atoms with E-state index in [0.29, 0.717) is 24.8 Å². The zero-order chi connectivity index (χ0) is 18.4. The zero-order valence-corrected chi connectivity index (χ0v) is 15.4. The predicted molar refractivity (Wildman–Crippen MR) is 93.1 cm³/mol. The van der Waals surface area contributed by atoms with Gasteiger partial charge in [0.2, 0.25) is 5.91 Å². The molecule has 1 atom stereocenters. The van der Waals surface area contributed by atoms with Gasteiger partial charge in [0, 0.05) is 19.2 Å². The van der Waals surface area contributed by atoms with E-state index in [0.717, 1.165) is 10.7 Å². The molecule has 1 fully saturated rings. The zero-order valence-electron chi connectivity index (χ0n) is 14.6. The van der Waals surface area contributed by atoms with E-state index in [1.54, 1.807) is 19.1 Å². The van der Waals surface area contributed by atoms with Crippen molar-refractivity contribution in [2.24, 2.45) is 0 Å². The molecule has 0 aliphatic carbocycles. The van der Waals surface area contributed by atoms with Crippen LogP contribution in [0.15, 0.2) is 23.4 Å². The summed E-state index contributed by atoms with van der Waals surface area (Å²) in [6.07, 6.45) is 5.36. The van der Waals surface area contributed by atoms with Gasteiger partial charge in [-0.15, -0.1) is 0 Å². The van der Waals surface area contributed by atoms with Crippen molar-refractivity contribution in [3.8, 4) is 0 Å².